The number of hydrogen-bond donors (Lipinski definition) is 0. The molecule has 1 fully saturated rings. The van der Waals surface area contributed by atoms with Gasteiger partial charge in [0, 0.05) is 11.1 Å². The highest BCUT2D eigenvalue weighted by Crippen LogP contribution is 2.48. The Kier molecular flexibility index (Phi) is 4.06. The van der Waals surface area contributed by atoms with Crippen molar-refractivity contribution in [3.8, 4) is 17.0 Å². The van der Waals surface area contributed by atoms with Crippen molar-refractivity contribution < 1.29 is 23.8 Å². The van der Waals surface area contributed by atoms with Crippen LogP contribution in [0.25, 0.3) is 16.9 Å². The fourth-order valence-electron chi connectivity index (χ4n) is 3.78. The molecule has 1 saturated carbocycles. The number of carbonyl (C=O) groups is 2. The molecule has 154 valence electrons. The molecule has 1 aromatic carbocycles. The van der Waals surface area contributed by atoms with Gasteiger partial charge in [-0.3, -0.25) is 4.79 Å². The third-order valence-electron chi connectivity index (χ3n) is 5.56. The Balaban J connectivity index is 1.63. The van der Waals surface area contributed by atoms with Gasteiger partial charge in [0.1, 0.15) is 12.0 Å². The van der Waals surface area contributed by atoms with Crippen molar-refractivity contribution >= 4 is 17.6 Å². The van der Waals surface area contributed by atoms with Crippen LogP contribution >= 0.6 is 0 Å². The second-order valence-corrected chi connectivity index (χ2v) is 7.94. The molecule has 30 heavy (non-hydrogen) atoms. The lowest BCUT2D eigenvalue weighted by Crippen LogP contribution is -2.27. The summed E-state index contributed by atoms with van der Waals surface area (Å²) in [7, 11) is 1.57. The Hall–Kier alpha value is -3.42. The molecule has 8 nitrogen and oxygen atoms in total. The molecule has 0 spiro atoms. The highest BCUT2D eigenvalue weighted by atomic mass is 16.5. The van der Waals surface area contributed by atoms with Crippen LogP contribution in [0.4, 0.5) is 0 Å². The predicted octanol–water partition coefficient (Wildman–Crippen LogP) is 3.06. The lowest BCUT2D eigenvalue weighted by Gasteiger charge is -2.13. The van der Waals surface area contributed by atoms with E-state index in [1.165, 1.54) is 0 Å². The van der Waals surface area contributed by atoms with Crippen LogP contribution in [0.15, 0.2) is 30.3 Å². The molecule has 0 amide bonds. The first kappa shape index (κ1) is 18.6. The molecule has 0 atom stereocenters. The summed E-state index contributed by atoms with van der Waals surface area (Å²) in [6.07, 6.45) is 1.12. The van der Waals surface area contributed by atoms with Crippen molar-refractivity contribution in [1.82, 2.24) is 14.6 Å². The number of fused-ring (bicyclic) bond motifs is 2. The average Bonchev–Trinajstić information content (AvgIpc) is 3.29. The van der Waals surface area contributed by atoms with Gasteiger partial charge < -0.3 is 14.2 Å². The highest BCUT2D eigenvalue weighted by molar-refractivity contribution is 5.94. The van der Waals surface area contributed by atoms with Crippen LogP contribution in [0.5, 0.6) is 5.75 Å². The molecule has 0 radical (unpaired) electrons. The second-order valence-electron chi connectivity index (χ2n) is 7.94. The van der Waals surface area contributed by atoms with E-state index in [1.54, 1.807) is 17.7 Å². The molecule has 2 aromatic heterocycles. The van der Waals surface area contributed by atoms with Crippen molar-refractivity contribution in [2.24, 2.45) is 0 Å². The van der Waals surface area contributed by atoms with Gasteiger partial charge >= 0.3 is 11.9 Å². The summed E-state index contributed by atoms with van der Waals surface area (Å²) in [6.45, 7) is 3.91. The SMILES string of the molecule is COc1ccc(-c2ccc3c(c2)COC3=O)n2nc(C3(C(=O)OC(C)C)CC3)nc12. The predicted molar refractivity (Wildman–Crippen MR) is 106 cm³/mol. The van der Waals surface area contributed by atoms with Crippen LogP contribution in [0, 0.1) is 0 Å². The minimum absolute atomic E-state index is 0.201. The molecule has 3 aromatic rings. The van der Waals surface area contributed by atoms with Crippen LogP contribution in [-0.2, 0) is 26.3 Å². The Bertz CT molecular complexity index is 1190. The Morgan fingerprint density at radius 2 is 2.03 bits per heavy atom. The van der Waals surface area contributed by atoms with Gasteiger partial charge in [-0.25, -0.2) is 14.3 Å². The number of hydrogen-bond acceptors (Lipinski definition) is 7. The molecule has 0 bridgehead atoms. The van der Waals surface area contributed by atoms with Gasteiger partial charge in [-0.05, 0) is 51.0 Å². The zero-order chi connectivity index (χ0) is 21.0. The molecule has 5 rings (SSSR count). The maximum Gasteiger partial charge on any atom is 0.338 e. The second kappa shape index (κ2) is 6.55. The van der Waals surface area contributed by atoms with Gasteiger partial charge in [-0.2, -0.15) is 0 Å². The number of ether oxygens (including phenoxy) is 3. The fourth-order valence-corrected chi connectivity index (χ4v) is 3.78. The van der Waals surface area contributed by atoms with Crippen molar-refractivity contribution in [2.75, 3.05) is 7.11 Å². The van der Waals surface area contributed by atoms with Crippen LogP contribution < -0.4 is 4.74 Å². The number of nitrogens with zero attached hydrogens (tertiary/aromatic N) is 3. The largest absolute Gasteiger partial charge is 0.493 e. The van der Waals surface area contributed by atoms with Crippen LogP contribution in [0.3, 0.4) is 0 Å². The lowest BCUT2D eigenvalue weighted by molar-refractivity contribution is -0.150. The Labute approximate surface area is 172 Å². The zero-order valence-electron chi connectivity index (χ0n) is 17.0. The summed E-state index contributed by atoms with van der Waals surface area (Å²) in [5.74, 6) is 0.407. The zero-order valence-corrected chi connectivity index (χ0v) is 17.0. The standard InChI is InChI=1S/C22H21N3O5/c1-12(2)30-21(27)22(8-9-22)20-23-18-17(28-3)7-6-16(25(18)24-20)13-4-5-15-14(10-13)11-29-19(15)26/h4-7,10,12H,8-9,11H2,1-3H3. The third-order valence-corrected chi connectivity index (χ3v) is 5.56. The van der Waals surface area contributed by atoms with E-state index in [-0.39, 0.29) is 24.6 Å². The Morgan fingerprint density at radius 1 is 1.23 bits per heavy atom. The van der Waals surface area contributed by atoms with E-state index >= 15 is 0 Å². The quantitative estimate of drug-likeness (QED) is 0.600. The summed E-state index contributed by atoms with van der Waals surface area (Å²) in [5.41, 5.74) is 2.79. The van der Waals surface area contributed by atoms with E-state index in [1.807, 2.05) is 38.1 Å². The highest BCUT2D eigenvalue weighted by Gasteiger charge is 2.56. The molecular weight excluding hydrogens is 386 g/mol. The van der Waals surface area contributed by atoms with Crippen molar-refractivity contribution in [3.05, 3.63) is 47.3 Å². The number of methoxy groups -OCH3 is 1. The first-order valence-corrected chi connectivity index (χ1v) is 9.89. The normalized spacial score (nSPS) is 16.5. The first-order chi connectivity index (χ1) is 14.4. The number of carbonyl (C=O) groups excluding carboxylic acids is 2. The van der Waals surface area contributed by atoms with Crippen molar-refractivity contribution in [3.63, 3.8) is 0 Å². The molecule has 8 heteroatoms. The number of benzene rings is 1. The summed E-state index contributed by atoms with van der Waals surface area (Å²) in [4.78, 5) is 29.1. The van der Waals surface area contributed by atoms with E-state index in [0.29, 0.717) is 35.6 Å². The number of aromatic nitrogens is 3. The van der Waals surface area contributed by atoms with Gasteiger partial charge in [-0.1, -0.05) is 6.07 Å². The maximum absolute atomic E-state index is 12.7. The number of rotatable bonds is 5. The van der Waals surface area contributed by atoms with Crippen LogP contribution in [-0.4, -0.2) is 39.8 Å². The number of cyclic esters (lactones) is 1. The topological polar surface area (TPSA) is 92.0 Å². The third kappa shape index (κ3) is 2.74. The first-order valence-electron chi connectivity index (χ1n) is 9.89. The van der Waals surface area contributed by atoms with Gasteiger partial charge in [0.15, 0.2) is 17.2 Å². The minimum atomic E-state index is -0.795. The number of pyridine rings is 1. The van der Waals surface area contributed by atoms with Crippen molar-refractivity contribution in [1.29, 1.82) is 0 Å². The molecule has 0 saturated heterocycles. The van der Waals surface area contributed by atoms with E-state index in [0.717, 1.165) is 16.8 Å². The molecule has 3 heterocycles. The molecule has 1 aliphatic heterocycles. The molecule has 0 N–H and O–H groups in total. The smallest absolute Gasteiger partial charge is 0.338 e. The van der Waals surface area contributed by atoms with E-state index in [2.05, 4.69) is 4.98 Å². The van der Waals surface area contributed by atoms with Crippen molar-refractivity contribution in [2.45, 2.75) is 44.8 Å². The molecule has 0 unspecified atom stereocenters. The fraction of sp³-hybridized carbons (Fsp3) is 0.364. The summed E-state index contributed by atoms with van der Waals surface area (Å²) in [6, 6.07) is 9.24. The Morgan fingerprint density at radius 3 is 2.73 bits per heavy atom. The minimum Gasteiger partial charge on any atom is -0.493 e. The lowest BCUT2D eigenvalue weighted by atomic mass is 10.0. The van der Waals surface area contributed by atoms with Gasteiger partial charge in [0.05, 0.1) is 24.5 Å². The molecule has 1 aliphatic carbocycles. The summed E-state index contributed by atoms with van der Waals surface area (Å²) < 4.78 is 17.7. The van der Waals surface area contributed by atoms with Gasteiger partial charge in [0.2, 0.25) is 0 Å². The van der Waals surface area contributed by atoms with Gasteiger partial charge in [-0.15, -0.1) is 5.10 Å². The average molecular weight is 407 g/mol. The molecule has 2 aliphatic rings. The van der Waals surface area contributed by atoms with Crippen LogP contribution in [0.2, 0.25) is 0 Å². The molecular formula is C22H21N3O5. The van der Waals surface area contributed by atoms with E-state index in [4.69, 9.17) is 19.3 Å². The van der Waals surface area contributed by atoms with Gasteiger partial charge in [0.25, 0.3) is 0 Å². The monoisotopic (exact) mass is 407 g/mol. The summed E-state index contributed by atoms with van der Waals surface area (Å²) >= 11 is 0. The number of esters is 2. The summed E-state index contributed by atoms with van der Waals surface area (Å²) in [5, 5.41) is 4.70. The maximum atomic E-state index is 12.7. The van der Waals surface area contributed by atoms with Crippen LogP contribution in [0.1, 0.15) is 48.4 Å². The van der Waals surface area contributed by atoms with E-state index in [9.17, 15) is 9.59 Å². The van der Waals surface area contributed by atoms with E-state index < -0.39 is 5.41 Å².